The molecule has 6 heteroatoms. The smallest absolute Gasteiger partial charge is 0.289 e. The number of aromatic hydroxyl groups is 1. The Labute approximate surface area is 133 Å². The molecule has 0 atom stereocenters. The molecular weight excluding hydrogens is 296 g/mol. The van der Waals surface area contributed by atoms with E-state index in [-0.39, 0.29) is 17.6 Å². The molecule has 1 aliphatic heterocycles. The van der Waals surface area contributed by atoms with E-state index in [4.69, 9.17) is 4.42 Å². The van der Waals surface area contributed by atoms with Crippen molar-refractivity contribution in [3.8, 4) is 5.75 Å². The van der Waals surface area contributed by atoms with Crippen molar-refractivity contribution in [2.75, 3.05) is 26.2 Å². The average molecular weight is 314 g/mol. The molecule has 1 aliphatic rings. The fraction of sp³-hybridized carbons (Fsp3) is 0.294. The molecule has 1 aromatic heterocycles. The van der Waals surface area contributed by atoms with Gasteiger partial charge in [-0.2, -0.15) is 0 Å². The van der Waals surface area contributed by atoms with E-state index in [0.717, 1.165) is 5.56 Å². The van der Waals surface area contributed by atoms with Crippen LogP contribution in [0, 0.1) is 0 Å². The number of phenolic OH excluding ortho intramolecular Hbond substituents is 1. The van der Waals surface area contributed by atoms with E-state index >= 15 is 0 Å². The molecule has 2 amide bonds. The van der Waals surface area contributed by atoms with Crippen LogP contribution in [0.1, 0.15) is 16.1 Å². The molecule has 3 rings (SSSR count). The van der Waals surface area contributed by atoms with Crippen molar-refractivity contribution in [1.82, 2.24) is 9.80 Å². The van der Waals surface area contributed by atoms with E-state index in [2.05, 4.69) is 0 Å². The third kappa shape index (κ3) is 3.53. The number of rotatable bonds is 3. The lowest BCUT2D eigenvalue weighted by Gasteiger charge is -2.34. The minimum absolute atomic E-state index is 0.0285. The number of hydrogen-bond acceptors (Lipinski definition) is 4. The van der Waals surface area contributed by atoms with Gasteiger partial charge in [-0.25, -0.2) is 0 Å². The molecule has 120 valence electrons. The van der Waals surface area contributed by atoms with Gasteiger partial charge in [-0.3, -0.25) is 9.59 Å². The van der Waals surface area contributed by atoms with Crippen molar-refractivity contribution in [3.63, 3.8) is 0 Å². The fourth-order valence-electron chi connectivity index (χ4n) is 2.62. The quantitative estimate of drug-likeness (QED) is 0.932. The molecule has 1 fully saturated rings. The number of phenols is 1. The van der Waals surface area contributed by atoms with Gasteiger partial charge in [0, 0.05) is 26.2 Å². The second kappa shape index (κ2) is 6.56. The van der Waals surface area contributed by atoms with E-state index in [1.54, 1.807) is 46.2 Å². The largest absolute Gasteiger partial charge is 0.508 e. The minimum atomic E-state index is -0.138. The Balaban J connectivity index is 1.53. The lowest BCUT2D eigenvalue weighted by molar-refractivity contribution is -0.131. The summed E-state index contributed by atoms with van der Waals surface area (Å²) in [6.45, 7) is 2.04. The number of benzene rings is 1. The first kappa shape index (κ1) is 15.1. The summed E-state index contributed by atoms with van der Waals surface area (Å²) in [6.07, 6.45) is 1.77. The summed E-state index contributed by atoms with van der Waals surface area (Å²) in [5.41, 5.74) is 0.863. The molecule has 6 nitrogen and oxygen atoms in total. The number of carbonyl (C=O) groups is 2. The second-order valence-corrected chi connectivity index (χ2v) is 5.49. The number of amides is 2. The molecule has 1 aromatic carbocycles. The van der Waals surface area contributed by atoms with Crippen LogP contribution >= 0.6 is 0 Å². The number of furan rings is 1. The molecule has 0 aliphatic carbocycles. The van der Waals surface area contributed by atoms with E-state index in [1.807, 2.05) is 0 Å². The Morgan fingerprint density at radius 1 is 1.00 bits per heavy atom. The number of piperazine rings is 1. The topological polar surface area (TPSA) is 74.0 Å². The van der Waals surface area contributed by atoms with Crippen molar-refractivity contribution in [1.29, 1.82) is 0 Å². The second-order valence-electron chi connectivity index (χ2n) is 5.49. The molecular formula is C17H18N2O4. The van der Waals surface area contributed by atoms with Gasteiger partial charge in [0.25, 0.3) is 5.91 Å². The van der Waals surface area contributed by atoms with Gasteiger partial charge in [-0.1, -0.05) is 12.1 Å². The van der Waals surface area contributed by atoms with Crippen LogP contribution in [0.25, 0.3) is 0 Å². The van der Waals surface area contributed by atoms with Gasteiger partial charge >= 0.3 is 0 Å². The fourth-order valence-corrected chi connectivity index (χ4v) is 2.62. The summed E-state index contributed by atoms with van der Waals surface area (Å²) < 4.78 is 5.12. The van der Waals surface area contributed by atoms with Crippen LogP contribution in [0.3, 0.4) is 0 Å². The molecule has 23 heavy (non-hydrogen) atoms. The molecule has 0 saturated carbocycles. The van der Waals surface area contributed by atoms with Gasteiger partial charge < -0.3 is 19.3 Å². The van der Waals surface area contributed by atoms with Gasteiger partial charge in [-0.15, -0.1) is 0 Å². The van der Waals surface area contributed by atoms with Crippen molar-refractivity contribution >= 4 is 11.8 Å². The average Bonchev–Trinajstić information content (AvgIpc) is 3.11. The van der Waals surface area contributed by atoms with Crippen LogP contribution in [0.5, 0.6) is 5.75 Å². The van der Waals surface area contributed by atoms with Crippen molar-refractivity contribution in [2.24, 2.45) is 0 Å². The van der Waals surface area contributed by atoms with E-state index < -0.39 is 0 Å². The number of carbonyl (C=O) groups excluding carboxylic acids is 2. The van der Waals surface area contributed by atoms with E-state index in [1.165, 1.54) is 6.26 Å². The Morgan fingerprint density at radius 3 is 2.26 bits per heavy atom. The van der Waals surface area contributed by atoms with Gasteiger partial charge in [0.2, 0.25) is 5.91 Å². The van der Waals surface area contributed by atoms with Crippen LogP contribution in [0.4, 0.5) is 0 Å². The van der Waals surface area contributed by atoms with Gasteiger partial charge in [0.1, 0.15) is 5.75 Å². The zero-order valence-electron chi connectivity index (χ0n) is 12.6. The number of nitrogens with zero attached hydrogens (tertiary/aromatic N) is 2. The SMILES string of the molecule is O=C(Cc1ccc(O)cc1)N1CCN(C(=O)c2ccco2)CC1. The summed E-state index contributed by atoms with van der Waals surface area (Å²) >= 11 is 0. The number of hydrogen-bond donors (Lipinski definition) is 1. The molecule has 0 spiro atoms. The van der Waals surface area contributed by atoms with Crippen LogP contribution in [-0.2, 0) is 11.2 Å². The Kier molecular flexibility index (Phi) is 4.32. The van der Waals surface area contributed by atoms with Gasteiger partial charge in [-0.05, 0) is 29.8 Å². The Bertz CT molecular complexity index is 671. The highest BCUT2D eigenvalue weighted by atomic mass is 16.3. The Hall–Kier alpha value is -2.76. The first-order valence-electron chi connectivity index (χ1n) is 7.52. The van der Waals surface area contributed by atoms with Gasteiger partial charge in [0.05, 0.1) is 12.7 Å². The predicted molar refractivity (Wildman–Crippen MR) is 83.0 cm³/mol. The molecule has 1 saturated heterocycles. The highest BCUT2D eigenvalue weighted by Crippen LogP contribution is 2.13. The summed E-state index contributed by atoms with van der Waals surface area (Å²) in [5.74, 6) is 0.404. The van der Waals surface area contributed by atoms with Crippen molar-refractivity contribution < 1.29 is 19.1 Å². The maximum absolute atomic E-state index is 12.3. The molecule has 0 bridgehead atoms. The van der Waals surface area contributed by atoms with E-state index in [9.17, 15) is 14.7 Å². The van der Waals surface area contributed by atoms with Crippen LogP contribution < -0.4 is 0 Å². The van der Waals surface area contributed by atoms with Crippen LogP contribution in [0.2, 0.25) is 0 Å². The third-order valence-corrected chi connectivity index (χ3v) is 3.94. The third-order valence-electron chi connectivity index (χ3n) is 3.94. The first-order valence-corrected chi connectivity index (χ1v) is 7.52. The zero-order chi connectivity index (χ0) is 16.2. The molecule has 0 radical (unpaired) electrons. The normalized spacial score (nSPS) is 14.8. The monoisotopic (exact) mass is 314 g/mol. The van der Waals surface area contributed by atoms with Crippen molar-refractivity contribution in [2.45, 2.75) is 6.42 Å². The maximum atomic E-state index is 12.3. The standard InChI is InChI=1S/C17H18N2O4/c20-14-5-3-13(4-6-14)12-16(21)18-7-9-19(10-8-18)17(22)15-2-1-11-23-15/h1-6,11,20H,7-10,12H2. The summed E-state index contributed by atoms with van der Waals surface area (Å²) in [6, 6.07) is 9.95. The molecule has 2 aromatic rings. The van der Waals surface area contributed by atoms with Gasteiger partial charge in [0.15, 0.2) is 5.76 Å². The summed E-state index contributed by atoms with van der Waals surface area (Å²) in [5, 5.41) is 9.26. The minimum Gasteiger partial charge on any atom is -0.508 e. The maximum Gasteiger partial charge on any atom is 0.289 e. The summed E-state index contributed by atoms with van der Waals surface area (Å²) in [4.78, 5) is 27.9. The molecule has 2 heterocycles. The summed E-state index contributed by atoms with van der Waals surface area (Å²) in [7, 11) is 0. The predicted octanol–water partition coefficient (Wildman–Crippen LogP) is 1.51. The zero-order valence-corrected chi connectivity index (χ0v) is 12.6. The Morgan fingerprint density at radius 2 is 1.65 bits per heavy atom. The van der Waals surface area contributed by atoms with Crippen molar-refractivity contribution in [3.05, 3.63) is 54.0 Å². The molecule has 0 unspecified atom stereocenters. The van der Waals surface area contributed by atoms with Crippen LogP contribution in [-0.4, -0.2) is 52.9 Å². The molecule has 1 N–H and O–H groups in total. The first-order chi connectivity index (χ1) is 11.1. The highest BCUT2D eigenvalue weighted by molar-refractivity contribution is 5.91. The lowest BCUT2D eigenvalue weighted by atomic mass is 10.1. The van der Waals surface area contributed by atoms with E-state index in [0.29, 0.717) is 38.4 Å². The highest BCUT2D eigenvalue weighted by Gasteiger charge is 2.25. The van der Waals surface area contributed by atoms with Crippen LogP contribution in [0.15, 0.2) is 47.1 Å². The lowest BCUT2D eigenvalue weighted by Crippen LogP contribution is -2.50.